The average molecular weight is 412 g/mol. The Bertz CT molecular complexity index is 1020. The molecular formula is C21H21FN4O2S. The summed E-state index contributed by atoms with van der Waals surface area (Å²) in [6.07, 6.45) is 1.74. The van der Waals surface area contributed by atoms with E-state index in [1.54, 1.807) is 32.2 Å². The highest BCUT2D eigenvalue weighted by Crippen LogP contribution is 2.32. The van der Waals surface area contributed by atoms with Crippen molar-refractivity contribution < 1.29 is 13.9 Å². The lowest BCUT2D eigenvalue weighted by molar-refractivity contribution is -0.115. The van der Waals surface area contributed by atoms with Gasteiger partial charge in [0.05, 0.1) is 17.9 Å². The molecule has 150 valence electrons. The Morgan fingerprint density at radius 1 is 1.31 bits per heavy atom. The Hall–Kier alpha value is -3.13. The monoisotopic (exact) mass is 412 g/mol. The largest absolute Gasteiger partial charge is 0.496 e. The Morgan fingerprint density at radius 2 is 2.10 bits per heavy atom. The molecule has 0 aliphatic carbocycles. The summed E-state index contributed by atoms with van der Waals surface area (Å²) in [6, 6.07) is 13.3. The maximum atomic E-state index is 13.3. The van der Waals surface area contributed by atoms with Crippen LogP contribution in [0.2, 0.25) is 0 Å². The van der Waals surface area contributed by atoms with E-state index >= 15 is 0 Å². The van der Waals surface area contributed by atoms with Crippen LogP contribution >= 0.6 is 11.8 Å². The van der Waals surface area contributed by atoms with Crippen molar-refractivity contribution in [1.82, 2.24) is 14.8 Å². The van der Waals surface area contributed by atoms with Gasteiger partial charge in [-0.25, -0.2) is 4.39 Å². The topological polar surface area (TPSA) is 69.0 Å². The van der Waals surface area contributed by atoms with Gasteiger partial charge in [0.2, 0.25) is 5.91 Å². The van der Waals surface area contributed by atoms with E-state index in [4.69, 9.17) is 4.74 Å². The number of aromatic nitrogens is 3. The van der Waals surface area contributed by atoms with E-state index in [2.05, 4.69) is 22.1 Å². The number of carbonyl (C=O) groups is 1. The molecule has 1 heterocycles. The summed E-state index contributed by atoms with van der Waals surface area (Å²) in [5.41, 5.74) is 1.21. The summed E-state index contributed by atoms with van der Waals surface area (Å²) in [4.78, 5) is 12.5. The molecule has 8 heteroatoms. The van der Waals surface area contributed by atoms with Crippen LogP contribution in [-0.2, 0) is 11.3 Å². The van der Waals surface area contributed by atoms with E-state index in [9.17, 15) is 9.18 Å². The molecule has 1 aromatic heterocycles. The number of amides is 1. The van der Waals surface area contributed by atoms with E-state index < -0.39 is 11.1 Å². The van der Waals surface area contributed by atoms with Gasteiger partial charge in [-0.05, 0) is 37.3 Å². The molecule has 29 heavy (non-hydrogen) atoms. The average Bonchev–Trinajstić information content (AvgIpc) is 3.10. The number of carbonyl (C=O) groups excluding carboxylic acids is 1. The van der Waals surface area contributed by atoms with Crippen molar-refractivity contribution >= 4 is 23.4 Å². The van der Waals surface area contributed by atoms with Crippen molar-refractivity contribution in [2.24, 2.45) is 0 Å². The maximum Gasteiger partial charge on any atom is 0.237 e. The van der Waals surface area contributed by atoms with Crippen LogP contribution in [0.15, 0.2) is 66.3 Å². The van der Waals surface area contributed by atoms with Gasteiger partial charge in [0.15, 0.2) is 11.0 Å². The van der Waals surface area contributed by atoms with Crippen LogP contribution in [0, 0.1) is 5.82 Å². The van der Waals surface area contributed by atoms with Crippen LogP contribution in [0.4, 0.5) is 10.1 Å². The number of anilines is 1. The molecule has 0 saturated heterocycles. The lowest BCUT2D eigenvalue weighted by atomic mass is 10.2. The molecule has 0 aliphatic heterocycles. The lowest BCUT2D eigenvalue weighted by Gasteiger charge is -2.13. The fraction of sp³-hybridized carbons (Fsp3) is 0.190. The number of halogens is 1. The predicted molar refractivity (Wildman–Crippen MR) is 113 cm³/mol. The van der Waals surface area contributed by atoms with Gasteiger partial charge in [0, 0.05) is 12.2 Å². The number of nitrogens with zero attached hydrogens (tertiary/aromatic N) is 3. The molecule has 0 spiro atoms. The zero-order chi connectivity index (χ0) is 20.8. The number of methoxy groups -OCH3 is 1. The minimum Gasteiger partial charge on any atom is -0.496 e. The van der Waals surface area contributed by atoms with Crippen LogP contribution in [0.3, 0.4) is 0 Å². The van der Waals surface area contributed by atoms with E-state index in [-0.39, 0.29) is 5.91 Å². The Kier molecular flexibility index (Phi) is 6.66. The Balaban J connectivity index is 1.82. The molecule has 0 aliphatic rings. The number of allylic oxidation sites excluding steroid dienone is 1. The summed E-state index contributed by atoms with van der Waals surface area (Å²) in [7, 11) is 1.60. The highest BCUT2D eigenvalue weighted by molar-refractivity contribution is 8.00. The fourth-order valence-electron chi connectivity index (χ4n) is 2.72. The van der Waals surface area contributed by atoms with Gasteiger partial charge in [-0.15, -0.1) is 16.8 Å². The highest BCUT2D eigenvalue weighted by atomic mass is 32.2. The molecule has 0 unspecified atom stereocenters. The third-order valence-corrected chi connectivity index (χ3v) is 5.20. The van der Waals surface area contributed by atoms with Gasteiger partial charge in [-0.3, -0.25) is 9.36 Å². The number of hydrogen-bond acceptors (Lipinski definition) is 5. The summed E-state index contributed by atoms with van der Waals surface area (Å²) < 4.78 is 20.6. The number of thioether (sulfide) groups is 1. The van der Waals surface area contributed by atoms with Crippen molar-refractivity contribution in [2.45, 2.75) is 23.9 Å². The Labute approximate surface area is 172 Å². The normalized spacial score (nSPS) is 11.7. The number of hydrogen-bond donors (Lipinski definition) is 1. The van der Waals surface area contributed by atoms with Gasteiger partial charge in [-0.2, -0.15) is 0 Å². The van der Waals surface area contributed by atoms with Crippen LogP contribution in [0.25, 0.3) is 11.4 Å². The third kappa shape index (κ3) is 4.83. The SMILES string of the molecule is C=CCn1c(S[C@H](C)C(=O)Nc2cccc(F)c2)nnc1-c1ccccc1OC. The highest BCUT2D eigenvalue weighted by Gasteiger charge is 2.22. The van der Waals surface area contributed by atoms with Gasteiger partial charge < -0.3 is 10.1 Å². The second-order valence-electron chi connectivity index (χ2n) is 6.17. The predicted octanol–water partition coefficient (Wildman–Crippen LogP) is 4.40. The van der Waals surface area contributed by atoms with Crippen molar-refractivity contribution in [3.63, 3.8) is 0 Å². The second kappa shape index (κ2) is 9.38. The molecule has 0 radical (unpaired) electrons. The first-order valence-corrected chi connectivity index (χ1v) is 9.82. The summed E-state index contributed by atoms with van der Waals surface area (Å²) in [5, 5.41) is 11.4. The number of ether oxygens (including phenoxy) is 1. The first-order valence-electron chi connectivity index (χ1n) is 8.94. The maximum absolute atomic E-state index is 13.3. The minimum atomic E-state index is -0.475. The molecule has 3 aromatic rings. The molecule has 1 N–H and O–H groups in total. The molecule has 2 aromatic carbocycles. The zero-order valence-corrected chi connectivity index (χ0v) is 16.9. The molecule has 1 atom stereocenters. The molecule has 0 fully saturated rings. The second-order valence-corrected chi connectivity index (χ2v) is 7.47. The number of rotatable bonds is 8. The van der Waals surface area contributed by atoms with Gasteiger partial charge in [0.1, 0.15) is 11.6 Å². The smallest absolute Gasteiger partial charge is 0.237 e. The molecule has 0 saturated carbocycles. The number of nitrogens with one attached hydrogen (secondary N) is 1. The Morgan fingerprint density at radius 3 is 2.83 bits per heavy atom. The molecule has 3 rings (SSSR count). The summed E-state index contributed by atoms with van der Waals surface area (Å²) in [5.74, 6) is 0.643. The summed E-state index contributed by atoms with van der Waals surface area (Å²) >= 11 is 1.27. The minimum absolute atomic E-state index is 0.257. The van der Waals surface area contributed by atoms with Crippen molar-refractivity contribution in [3.05, 3.63) is 67.0 Å². The molecular weight excluding hydrogens is 391 g/mol. The van der Waals surface area contributed by atoms with Crippen molar-refractivity contribution in [3.8, 4) is 17.1 Å². The molecule has 1 amide bonds. The molecule has 0 bridgehead atoms. The van der Waals surface area contributed by atoms with Crippen LogP contribution < -0.4 is 10.1 Å². The van der Waals surface area contributed by atoms with E-state index in [0.717, 1.165) is 5.56 Å². The quantitative estimate of drug-likeness (QED) is 0.439. The van der Waals surface area contributed by atoms with Gasteiger partial charge >= 0.3 is 0 Å². The third-order valence-electron chi connectivity index (χ3n) is 4.12. The van der Waals surface area contributed by atoms with Crippen LogP contribution in [0.1, 0.15) is 6.92 Å². The van der Waals surface area contributed by atoms with Crippen LogP contribution in [-0.4, -0.2) is 33.0 Å². The first-order chi connectivity index (χ1) is 14.0. The van der Waals surface area contributed by atoms with Crippen molar-refractivity contribution in [2.75, 3.05) is 12.4 Å². The fourth-order valence-corrected chi connectivity index (χ4v) is 3.58. The number of benzene rings is 2. The zero-order valence-electron chi connectivity index (χ0n) is 16.1. The van der Waals surface area contributed by atoms with E-state index in [1.165, 1.54) is 23.9 Å². The molecule has 6 nitrogen and oxygen atoms in total. The van der Waals surface area contributed by atoms with Gasteiger partial charge in [-0.1, -0.05) is 36.0 Å². The standard InChI is InChI=1S/C21H21FN4O2S/c1-4-12-26-19(17-10-5-6-11-18(17)28-3)24-25-21(26)29-14(2)20(27)23-16-9-7-8-15(22)13-16/h4-11,13-14H,1,12H2,2-3H3,(H,23,27)/t14-/m1/s1. The van der Waals surface area contributed by atoms with Crippen molar-refractivity contribution in [1.29, 1.82) is 0 Å². The number of para-hydroxylation sites is 1. The lowest BCUT2D eigenvalue weighted by Crippen LogP contribution is -2.23. The van der Waals surface area contributed by atoms with E-state index in [1.807, 2.05) is 28.8 Å². The first kappa shape index (κ1) is 20.6. The van der Waals surface area contributed by atoms with Gasteiger partial charge in [0.25, 0.3) is 0 Å². The summed E-state index contributed by atoms with van der Waals surface area (Å²) in [6.45, 7) is 6.03. The van der Waals surface area contributed by atoms with Crippen LogP contribution in [0.5, 0.6) is 5.75 Å². The van der Waals surface area contributed by atoms with E-state index in [0.29, 0.717) is 29.0 Å².